The third-order valence-corrected chi connectivity index (χ3v) is 7.68. The van der Waals surface area contributed by atoms with E-state index >= 15 is 0 Å². The Morgan fingerprint density at radius 1 is 1.00 bits per heavy atom. The number of nitrogens with zero attached hydrogens (tertiary/aromatic N) is 1. The topological polar surface area (TPSA) is 75.7 Å². The number of rotatable bonds is 5. The minimum Gasteiger partial charge on any atom is -0.476 e. The van der Waals surface area contributed by atoms with Gasteiger partial charge in [-0.2, -0.15) is 0 Å². The molecule has 0 bridgehead atoms. The minimum atomic E-state index is -3.88. The van der Waals surface area contributed by atoms with Crippen LogP contribution in [0, 0.1) is 20.8 Å². The second kappa shape index (κ2) is 8.90. The first-order chi connectivity index (χ1) is 15.7. The molecule has 0 fully saturated rings. The summed E-state index contributed by atoms with van der Waals surface area (Å²) < 4.78 is 34.2. The Morgan fingerprint density at radius 2 is 1.67 bits per heavy atom. The van der Waals surface area contributed by atoms with E-state index in [-0.39, 0.29) is 23.4 Å². The van der Waals surface area contributed by atoms with E-state index in [0.717, 1.165) is 22.3 Å². The highest BCUT2D eigenvalue weighted by atomic mass is 32.2. The van der Waals surface area contributed by atoms with Crippen molar-refractivity contribution in [2.45, 2.75) is 44.7 Å². The van der Waals surface area contributed by atoms with Gasteiger partial charge >= 0.3 is 0 Å². The first-order valence-corrected chi connectivity index (χ1v) is 12.3. The van der Waals surface area contributed by atoms with Gasteiger partial charge in [-0.25, -0.2) is 8.42 Å². The van der Waals surface area contributed by atoms with Crippen molar-refractivity contribution < 1.29 is 17.9 Å². The third kappa shape index (κ3) is 4.59. The molecule has 0 saturated heterocycles. The van der Waals surface area contributed by atoms with Crippen molar-refractivity contribution in [2.24, 2.45) is 0 Å². The number of fused-ring (bicyclic) bond motifs is 1. The molecule has 1 aliphatic heterocycles. The minimum absolute atomic E-state index is 0.112. The zero-order valence-corrected chi connectivity index (χ0v) is 20.0. The fourth-order valence-corrected chi connectivity index (χ4v) is 5.58. The molecule has 0 aromatic heterocycles. The first-order valence-electron chi connectivity index (χ1n) is 10.9. The summed E-state index contributed by atoms with van der Waals surface area (Å²) in [5.74, 6) is -0.000148. The van der Waals surface area contributed by atoms with Crippen molar-refractivity contribution in [1.29, 1.82) is 0 Å². The van der Waals surface area contributed by atoms with Crippen molar-refractivity contribution in [3.8, 4) is 5.75 Å². The maximum atomic E-state index is 13.5. The summed E-state index contributed by atoms with van der Waals surface area (Å²) in [4.78, 5) is 13.3. The molecule has 3 aromatic carbocycles. The van der Waals surface area contributed by atoms with Crippen LogP contribution >= 0.6 is 0 Å². The molecule has 0 spiro atoms. The average molecular weight is 465 g/mol. The summed E-state index contributed by atoms with van der Waals surface area (Å²) >= 11 is 0. The third-order valence-electron chi connectivity index (χ3n) is 5.89. The Labute approximate surface area is 195 Å². The number of hydrogen-bond acceptors (Lipinski definition) is 4. The van der Waals surface area contributed by atoms with Crippen LogP contribution in [0.15, 0.2) is 71.6 Å². The molecule has 2 atom stereocenters. The summed E-state index contributed by atoms with van der Waals surface area (Å²) in [6.45, 7) is 7.73. The van der Waals surface area contributed by atoms with Crippen LogP contribution in [0.5, 0.6) is 5.75 Å². The lowest BCUT2D eigenvalue weighted by molar-refractivity contribution is -0.128. The number of benzene rings is 3. The van der Waals surface area contributed by atoms with E-state index in [9.17, 15) is 13.2 Å². The largest absolute Gasteiger partial charge is 0.476 e. The number of nitrogens with one attached hydrogen (secondary N) is 1. The Balaban J connectivity index is 1.62. The molecule has 33 heavy (non-hydrogen) atoms. The zero-order valence-electron chi connectivity index (χ0n) is 19.2. The number of ether oxygens (including phenoxy) is 1. The predicted octanol–water partition coefficient (Wildman–Crippen LogP) is 4.45. The Hall–Kier alpha value is -3.32. The first kappa shape index (κ1) is 22.9. The number of carbonyl (C=O) groups excluding carboxylic acids is 1. The molecule has 1 aliphatic rings. The van der Waals surface area contributed by atoms with Crippen molar-refractivity contribution in [2.75, 3.05) is 10.8 Å². The van der Waals surface area contributed by atoms with E-state index in [2.05, 4.69) is 11.4 Å². The maximum Gasteiger partial charge on any atom is 0.264 e. The number of sulfonamides is 1. The Kier molecular flexibility index (Phi) is 6.17. The number of aryl methyl sites for hydroxylation is 3. The van der Waals surface area contributed by atoms with Gasteiger partial charge in [0.15, 0.2) is 6.10 Å². The average Bonchev–Trinajstić information content (AvgIpc) is 2.78. The monoisotopic (exact) mass is 464 g/mol. The number of amides is 1. The second-order valence-corrected chi connectivity index (χ2v) is 10.4. The van der Waals surface area contributed by atoms with E-state index in [0.29, 0.717) is 11.4 Å². The maximum absolute atomic E-state index is 13.5. The number of anilines is 1. The van der Waals surface area contributed by atoms with Gasteiger partial charge in [0.25, 0.3) is 15.9 Å². The molecular formula is C26H28N2O4S. The number of para-hydroxylation sites is 2. The van der Waals surface area contributed by atoms with Gasteiger partial charge in [-0.05, 0) is 63.1 Å². The molecular weight excluding hydrogens is 436 g/mol. The summed E-state index contributed by atoms with van der Waals surface area (Å²) in [6.07, 6.45) is -0.978. The standard InChI is InChI=1S/C26H28N2O4S/c1-17-9-12-21(13-10-17)33(30,31)28-16-25(32-24-8-6-5-7-23(24)28)26(29)27-20(4)22-14-11-18(2)15-19(22)3/h5-15,20,25H,16H2,1-4H3,(H,27,29)/t20-,25-/m1/s1. The molecule has 172 valence electrons. The highest BCUT2D eigenvalue weighted by Gasteiger charge is 2.37. The highest BCUT2D eigenvalue weighted by molar-refractivity contribution is 7.92. The molecule has 6 nitrogen and oxygen atoms in total. The molecule has 0 aliphatic carbocycles. The SMILES string of the molecule is Cc1ccc(S(=O)(=O)N2C[C@H](C(=O)N[C@H](C)c3ccc(C)cc3C)Oc3ccccc32)cc1. The van der Waals surface area contributed by atoms with Crippen LogP contribution in [0.25, 0.3) is 0 Å². The van der Waals surface area contributed by atoms with Crippen LogP contribution in [0.1, 0.15) is 35.2 Å². The number of carbonyl (C=O) groups is 1. The summed E-state index contributed by atoms with van der Waals surface area (Å²) in [5, 5.41) is 2.99. The highest BCUT2D eigenvalue weighted by Crippen LogP contribution is 2.37. The van der Waals surface area contributed by atoms with E-state index < -0.39 is 16.1 Å². The van der Waals surface area contributed by atoms with Gasteiger partial charge in [0, 0.05) is 0 Å². The van der Waals surface area contributed by atoms with Gasteiger partial charge in [-0.1, -0.05) is 53.6 Å². The second-order valence-electron chi connectivity index (χ2n) is 8.51. The molecule has 1 N–H and O–H groups in total. The zero-order chi connectivity index (χ0) is 23.8. The van der Waals surface area contributed by atoms with Crippen molar-refractivity contribution in [3.05, 3.63) is 89.0 Å². The van der Waals surface area contributed by atoms with Gasteiger partial charge in [0.1, 0.15) is 5.75 Å². The molecule has 4 rings (SSSR count). The molecule has 0 unspecified atom stereocenters. The van der Waals surface area contributed by atoms with Gasteiger partial charge in [0.05, 0.1) is 23.2 Å². The van der Waals surface area contributed by atoms with Gasteiger partial charge in [0.2, 0.25) is 0 Å². The van der Waals surface area contributed by atoms with E-state index in [1.165, 1.54) is 4.31 Å². The van der Waals surface area contributed by atoms with Crippen molar-refractivity contribution >= 4 is 21.6 Å². The molecule has 0 saturated carbocycles. The van der Waals surface area contributed by atoms with Crippen LogP contribution in [-0.2, 0) is 14.8 Å². The summed E-state index contributed by atoms with van der Waals surface area (Å²) in [5.41, 5.74) is 4.63. The van der Waals surface area contributed by atoms with Crippen LogP contribution in [-0.4, -0.2) is 27.0 Å². The Bertz CT molecular complexity index is 1290. The lowest BCUT2D eigenvalue weighted by atomic mass is 10.00. The van der Waals surface area contributed by atoms with Crippen molar-refractivity contribution in [1.82, 2.24) is 5.32 Å². The normalized spacial score (nSPS) is 16.5. The molecule has 7 heteroatoms. The Morgan fingerprint density at radius 3 is 2.36 bits per heavy atom. The van der Waals surface area contributed by atoms with Gasteiger partial charge in [-0.3, -0.25) is 9.10 Å². The predicted molar refractivity (Wildman–Crippen MR) is 129 cm³/mol. The fourth-order valence-electron chi connectivity index (χ4n) is 4.10. The van der Waals surface area contributed by atoms with Crippen LogP contribution in [0.4, 0.5) is 5.69 Å². The van der Waals surface area contributed by atoms with Crippen molar-refractivity contribution in [3.63, 3.8) is 0 Å². The quantitative estimate of drug-likeness (QED) is 0.606. The molecule has 3 aromatic rings. The van der Waals surface area contributed by atoms with E-state index in [1.54, 1.807) is 48.5 Å². The lowest BCUT2D eigenvalue weighted by Gasteiger charge is -2.35. The fraction of sp³-hybridized carbons (Fsp3) is 0.269. The molecule has 1 amide bonds. The summed E-state index contributed by atoms with van der Waals surface area (Å²) in [7, 11) is -3.88. The lowest BCUT2D eigenvalue weighted by Crippen LogP contribution is -2.51. The molecule has 1 heterocycles. The van der Waals surface area contributed by atoms with Crippen LogP contribution in [0.2, 0.25) is 0 Å². The summed E-state index contributed by atoms with van der Waals surface area (Å²) in [6, 6.07) is 19.4. The molecule has 0 radical (unpaired) electrons. The van der Waals surface area contributed by atoms with Crippen LogP contribution in [0.3, 0.4) is 0 Å². The van der Waals surface area contributed by atoms with E-state index in [1.807, 2.05) is 39.8 Å². The smallest absolute Gasteiger partial charge is 0.264 e. The van der Waals surface area contributed by atoms with E-state index in [4.69, 9.17) is 4.74 Å². The van der Waals surface area contributed by atoms with Gasteiger partial charge in [-0.15, -0.1) is 0 Å². The van der Waals surface area contributed by atoms with Crippen LogP contribution < -0.4 is 14.4 Å². The van der Waals surface area contributed by atoms with Gasteiger partial charge < -0.3 is 10.1 Å². The number of hydrogen-bond donors (Lipinski definition) is 1.